The maximum absolute atomic E-state index is 13.0. The van der Waals surface area contributed by atoms with Gasteiger partial charge in [-0.3, -0.25) is 9.69 Å². The van der Waals surface area contributed by atoms with Crippen molar-refractivity contribution in [3.05, 3.63) is 48.4 Å². The van der Waals surface area contributed by atoms with E-state index in [4.69, 9.17) is 13.9 Å². The Bertz CT molecular complexity index is 1010. The third kappa shape index (κ3) is 2.06. The molecule has 2 unspecified atom stereocenters. The maximum Gasteiger partial charge on any atom is 0.174 e. The third-order valence-corrected chi connectivity index (χ3v) is 7.75. The van der Waals surface area contributed by atoms with E-state index in [0.717, 1.165) is 55.0 Å². The predicted octanol–water partition coefficient (Wildman–Crippen LogP) is 3.75. The summed E-state index contributed by atoms with van der Waals surface area (Å²) in [5.41, 5.74) is 4.50. The van der Waals surface area contributed by atoms with E-state index < -0.39 is 0 Å². The number of nitrogens with zero attached hydrogens (tertiary/aromatic N) is 1. The molecule has 2 aliphatic heterocycles. The number of carbonyl (C=O) groups excluding carboxylic acids is 1. The van der Waals surface area contributed by atoms with Gasteiger partial charge in [-0.15, -0.1) is 6.58 Å². The molecule has 5 heteroatoms. The quantitative estimate of drug-likeness (QED) is 0.743. The Morgan fingerprint density at radius 3 is 3.10 bits per heavy atom. The number of ketones is 1. The lowest BCUT2D eigenvalue weighted by atomic mass is 9.51. The number of benzene rings is 1. The highest BCUT2D eigenvalue weighted by atomic mass is 16.5. The van der Waals surface area contributed by atoms with Gasteiger partial charge in [0.15, 0.2) is 23.4 Å². The van der Waals surface area contributed by atoms with Crippen LogP contribution in [0, 0.1) is 5.92 Å². The molecule has 0 N–H and O–H groups in total. The van der Waals surface area contributed by atoms with Gasteiger partial charge in [0.25, 0.3) is 0 Å². The Balaban J connectivity index is 1.65. The lowest BCUT2D eigenvalue weighted by Crippen LogP contribution is -2.66. The molecule has 5 nitrogen and oxygen atoms in total. The van der Waals surface area contributed by atoms with Crippen LogP contribution in [-0.2, 0) is 16.6 Å². The molecule has 4 atom stereocenters. The molecule has 2 bridgehead atoms. The lowest BCUT2D eigenvalue weighted by molar-refractivity contribution is -0.138. The normalized spacial score (nSPS) is 31.9. The second kappa shape index (κ2) is 5.99. The van der Waals surface area contributed by atoms with E-state index in [9.17, 15) is 4.79 Å². The third-order valence-electron chi connectivity index (χ3n) is 7.75. The standard InChI is InChI=1S/C24H25NO4/c1-3-8-25-9-7-24-17-4-5-19(26)23(24)29-22-20(27-2)12-15(14-6-10-28-13-14)16(21(22)24)11-18(17)25/h3,6,10,12-13,17-18,23H,1,4-5,7-9,11H2,2H3/t17?,18?,23-,24-/m1/s1. The zero-order valence-corrected chi connectivity index (χ0v) is 16.6. The van der Waals surface area contributed by atoms with Crippen LogP contribution in [0.1, 0.15) is 30.4 Å². The topological polar surface area (TPSA) is 51.9 Å². The highest BCUT2D eigenvalue weighted by Crippen LogP contribution is 2.64. The van der Waals surface area contributed by atoms with Crippen molar-refractivity contribution in [3.63, 3.8) is 0 Å². The smallest absolute Gasteiger partial charge is 0.174 e. The van der Waals surface area contributed by atoms with E-state index >= 15 is 0 Å². The summed E-state index contributed by atoms with van der Waals surface area (Å²) in [4.78, 5) is 15.6. The average molecular weight is 391 g/mol. The van der Waals surface area contributed by atoms with Gasteiger partial charge in [-0.1, -0.05) is 6.08 Å². The molecule has 3 heterocycles. The molecule has 1 spiro atoms. The van der Waals surface area contributed by atoms with Crippen molar-refractivity contribution in [2.75, 3.05) is 20.2 Å². The Kier molecular flexibility index (Phi) is 3.58. The van der Waals surface area contributed by atoms with E-state index in [1.807, 2.05) is 12.1 Å². The predicted molar refractivity (Wildman–Crippen MR) is 108 cm³/mol. The minimum absolute atomic E-state index is 0.229. The fourth-order valence-corrected chi connectivity index (χ4v) is 6.70. The molecule has 2 aliphatic carbocycles. The highest BCUT2D eigenvalue weighted by Gasteiger charge is 2.66. The fraction of sp³-hybridized carbons (Fsp3) is 0.458. The number of hydrogen-bond donors (Lipinski definition) is 0. The SMILES string of the molecule is C=CCN1CC[C@@]23c4c5c(-c6ccoc6)cc(OC)c4O[C@@H]2C(=O)CCC3C1C5. The summed E-state index contributed by atoms with van der Waals surface area (Å²) in [7, 11) is 1.68. The summed E-state index contributed by atoms with van der Waals surface area (Å²) in [6.45, 7) is 5.83. The lowest BCUT2D eigenvalue weighted by Gasteiger charge is -2.57. The van der Waals surface area contributed by atoms with Crippen LogP contribution in [0.4, 0.5) is 0 Å². The van der Waals surface area contributed by atoms with Gasteiger partial charge in [0.2, 0.25) is 0 Å². The molecule has 1 saturated heterocycles. The molecule has 4 aliphatic rings. The molecule has 1 aromatic carbocycles. The molecule has 2 fully saturated rings. The minimum Gasteiger partial charge on any atom is -0.493 e. The minimum atomic E-state index is -0.378. The van der Waals surface area contributed by atoms with E-state index in [2.05, 4.69) is 17.5 Å². The van der Waals surface area contributed by atoms with Crippen LogP contribution in [0.3, 0.4) is 0 Å². The average Bonchev–Trinajstić information content (AvgIpc) is 3.37. The first-order valence-electron chi connectivity index (χ1n) is 10.5. The van der Waals surface area contributed by atoms with Crippen molar-refractivity contribution < 1.29 is 18.7 Å². The molecule has 150 valence electrons. The Hall–Kier alpha value is -2.53. The molecule has 1 aromatic heterocycles. The summed E-state index contributed by atoms with van der Waals surface area (Å²) in [5.74, 6) is 2.20. The second-order valence-electron chi connectivity index (χ2n) is 8.78. The number of likely N-dealkylation sites (tertiary alicyclic amines) is 1. The number of carbonyl (C=O) groups is 1. The zero-order valence-electron chi connectivity index (χ0n) is 16.6. The van der Waals surface area contributed by atoms with Crippen LogP contribution in [0.2, 0.25) is 0 Å². The van der Waals surface area contributed by atoms with E-state index in [1.54, 1.807) is 19.6 Å². The van der Waals surface area contributed by atoms with Gasteiger partial charge in [-0.05, 0) is 55.0 Å². The van der Waals surface area contributed by atoms with Gasteiger partial charge in [0.1, 0.15) is 0 Å². The number of Topliss-reactive ketones (excluding diaryl/α,β-unsaturated/α-hetero) is 1. The van der Waals surface area contributed by atoms with Crippen LogP contribution in [0.15, 0.2) is 41.7 Å². The molecule has 2 aromatic rings. The number of methoxy groups -OCH3 is 1. The van der Waals surface area contributed by atoms with Crippen molar-refractivity contribution >= 4 is 5.78 Å². The first-order valence-corrected chi connectivity index (χ1v) is 10.5. The van der Waals surface area contributed by atoms with E-state index in [1.165, 1.54) is 11.1 Å². The molecule has 29 heavy (non-hydrogen) atoms. The Morgan fingerprint density at radius 1 is 1.45 bits per heavy atom. The number of ether oxygens (including phenoxy) is 2. The van der Waals surface area contributed by atoms with Crippen molar-refractivity contribution in [1.82, 2.24) is 4.90 Å². The van der Waals surface area contributed by atoms with Crippen molar-refractivity contribution in [2.45, 2.75) is 43.2 Å². The summed E-state index contributed by atoms with van der Waals surface area (Å²) >= 11 is 0. The molecular formula is C24H25NO4. The van der Waals surface area contributed by atoms with E-state index in [-0.39, 0.29) is 17.3 Å². The van der Waals surface area contributed by atoms with Gasteiger partial charge in [-0.25, -0.2) is 0 Å². The van der Waals surface area contributed by atoms with Crippen LogP contribution in [0.5, 0.6) is 11.5 Å². The maximum atomic E-state index is 13.0. The summed E-state index contributed by atoms with van der Waals surface area (Å²) in [6, 6.07) is 4.46. The summed E-state index contributed by atoms with van der Waals surface area (Å²) < 4.78 is 17.6. The van der Waals surface area contributed by atoms with Gasteiger partial charge in [0, 0.05) is 35.5 Å². The number of piperidine rings is 1. The molecule has 0 amide bonds. The van der Waals surface area contributed by atoms with Gasteiger partial charge >= 0.3 is 0 Å². The van der Waals surface area contributed by atoms with Gasteiger partial charge in [0.05, 0.1) is 19.6 Å². The molecule has 1 saturated carbocycles. The van der Waals surface area contributed by atoms with Crippen LogP contribution < -0.4 is 9.47 Å². The first-order chi connectivity index (χ1) is 14.2. The zero-order chi connectivity index (χ0) is 19.8. The van der Waals surface area contributed by atoms with Crippen LogP contribution in [0.25, 0.3) is 11.1 Å². The number of furan rings is 1. The molecule has 0 radical (unpaired) electrons. The summed E-state index contributed by atoms with van der Waals surface area (Å²) in [5, 5.41) is 0. The van der Waals surface area contributed by atoms with Crippen LogP contribution in [-0.4, -0.2) is 43.0 Å². The van der Waals surface area contributed by atoms with Crippen molar-refractivity contribution in [1.29, 1.82) is 0 Å². The largest absolute Gasteiger partial charge is 0.493 e. The fourth-order valence-electron chi connectivity index (χ4n) is 6.70. The van der Waals surface area contributed by atoms with Gasteiger partial charge < -0.3 is 13.9 Å². The highest BCUT2D eigenvalue weighted by molar-refractivity contribution is 5.90. The van der Waals surface area contributed by atoms with Gasteiger partial charge in [-0.2, -0.15) is 0 Å². The Morgan fingerprint density at radius 2 is 2.34 bits per heavy atom. The molecule has 6 rings (SSSR count). The van der Waals surface area contributed by atoms with E-state index in [0.29, 0.717) is 18.4 Å². The monoisotopic (exact) mass is 391 g/mol. The van der Waals surface area contributed by atoms with Crippen LogP contribution >= 0.6 is 0 Å². The number of rotatable bonds is 4. The number of hydrogen-bond acceptors (Lipinski definition) is 5. The summed E-state index contributed by atoms with van der Waals surface area (Å²) in [6.07, 6.45) is 8.56. The van der Waals surface area contributed by atoms with Crippen molar-refractivity contribution in [3.8, 4) is 22.6 Å². The van der Waals surface area contributed by atoms with Crippen molar-refractivity contribution in [2.24, 2.45) is 5.92 Å². The Labute approximate surface area is 170 Å². The molecular weight excluding hydrogens is 366 g/mol. The second-order valence-corrected chi connectivity index (χ2v) is 8.78. The first kappa shape index (κ1) is 17.3.